The maximum absolute atomic E-state index is 11.7. The first-order valence-corrected chi connectivity index (χ1v) is 6.95. The molecule has 0 radical (unpaired) electrons. The highest BCUT2D eigenvalue weighted by Crippen LogP contribution is 2.07. The number of carbonyl (C=O) groups is 1. The summed E-state index contributed by atoms with van der Waals surface area (Å²) in [5.74, 6) is -1.48. The van der Waals surface area contributed by atoms with Crippen LogP contribution in [0.2, 0.25) is 0 Å². The van der Waals surface area contributed by atoms with Gasteiger partial charge in [-0.3, -0.25) is 4.79 Å². The first kappa shape index (κ1) is 13.7. The van der Waals surface area contributed by atoms with Gasteiger partial charge in [-0.1, -0.05) is 30.3 Å². The fourth-order valence-corrected chi connectivity index (χ4v) is 2.79. The highest BCUT2D eigenvalue weighted by molar-refractivity contribution is 7.90. The molecule has 0 amide bonds. The molecule has 1 aromatic rings. The Morgan fingerprint density at radius 3 is 2.41 bits per heavy atom. The fraction of sp³-hybridized carbons (Fsp3) is 0.364. The first-order valence-electron chi connectivity index (χ1n) is 5.13. The third-order valence-electron chi connectivity index (χ3n) is 2.29. The molecule has 0 aliphatic rings. The van der Waals surface area contributed by atoms with Gasteiger partial charge in [0.1, 0.15) is 6.04 Å². The molecule has 0 bridgehead atoms. The zero-order valence-electron chi connectivity index (χ0n) is 9.24. The molecule has 94 valence electrons. The molecule has 0 saturated carbocycles. The van der Waals surface area contributed by atoms with Crippen molar-refractivity contribution in [1.29, 1.82) is 0 Å². The molecule has 3 N–H and O–H groups in total. The van der Waals surface area contributed by atoms with Crippen LogP contribution in [0, 0.1) is 0 Å². The Bertz CT molecular complexity index is 470. The van der Waals surface area contributed by atoms with E-state index >= 15 is 0 Å². The lowest BCUT2D eigenvalue weighted by Gasteiger charge is -2.07. The minimum Gasteiger partial charge on any atom is -0.480 e. The van der Waals surface area contributed by atoms with Crippen molar-refractivity contribution in [3.8, 4) is 0 Å². The van der Waals surface area contributed by atoms with E-state index in [0.29, 0.717) is 5.56 Å². The molecule has 1 aromatic carbocycles. The second kappa shape index (κ2) is 5.79. The Morgan fingerprint density at radius 1 is 1.29 bits per heavy atom. The van der Waals surface area contributed by atoms with E-state index in [0.717, 1.165) is 0 Å². The van der Waals surface area contributed by atoms with E-state index in [2.05, 4.69) is 0 Å². The quantitative estimate of drug-likeness (QED) is 0.769. The number of aliphatic carboxylic acids is 1. The van der Waals surface area contributed by atoms with Gasteiger partial charge in [-0.25, -0.2) is 8.42 Å². The van der Waals surface area contributed by atoms with Gasteiger partial charge in [-0.2, -0.15) is 0 Å². The zero-order chi connectivity index (χ0) is 12.9. The summed E-state index contributed by atoms with van der Waals surface area (Å²) in [5, 5.41) is 8.55. The summed E-state index contributed by atoms with van der Waals surface area (Å²) >= 11 is 0. The standard InChI is InChI=1S/C11H15NO4S/c12-10(11(13)14)6-7-17(15,16)8-9-4-2-1-3-5-9/h1-5,10H,6-8,12H2,(H,13,14)/t10-/m0/s1. The van der Waals surface area contributed by atoms with E-state index in [1.54, 1.807) is 30.3 Å². The number of rotatable bonds is 6. The van der Waals surface area contributed by atoms with Crippen molar-refractivity contribution in [2.24, 2.45) is 5.73 Å². The Hall–Kier alpha value is -1.40. The first-order chi connectivity index (χ1) is 7.91. The van der Waals surface area contributed by atoms with Crippen molar-refractivity contribution in [2.75, 3.05) is 5.75 Å². The number of carboxylic acids is 1. The number of sulfone groups is 1. The molecule has 17 heavy (non-hydrogen) atoms. The van der Waals surface area contributed by atoms with Gasteiger partial charge in [-0.15, -0.1) is 0 Å². The van der Waals surface area contributed by atoms with Crippen molar-refractivity contribution in [3.63, 3.8) is 0 Å². The van der Waals surface area contributed by atoms with Gasteiger partial charge in [0.25, 0.3) is 0 Å². The predicted octanol–water partition coefficient (Wildman–Crippen LogP) is 0.403. The molecule has 6 heteroatoms. The average molecular weight is 257 g/mol. The second-order valence-electron chi connectivity index (χ2n) is 3.81. The second-order valence-corrected chi connectivity index (χ2v) is 6.00. The van der Waals surface area contributed by atoms with Crippen LogP contribution in [0.5, 0.6) is 0 Å². The van der Waals surface area contributed by atoms with Crippen molar-refractivity contribution in [2.45, 2.75) is 18.2 Å². The highest BCUT2D eigenvalue weighted by atomic mass is 32.2. The lowest BCUT2D eigenvalue weighted by molar-refractivity contribution is -0.138. The number of hydrogen-bond acceptors (Lipinski definition) is 4. The smallest absolute Gasteiger partial charge is 0.320 e. The molecule has 5 nitrogen and oxygen atoms in total. The van der Waals surface area contributed by atoms with Crippen LogP contribution < -0.4 is 5.73 Å². The maximum atomic E-state index is 11.7. The summed E-state index contributed by atoms with van der Waals surface area (Å²) in [7, 11) is -3.31. The number of nitrogens with two attached hydrogens (primary N) is 1. The van der Waals surface area contributed by atoms with Gasteiger partial charge in [0.2, 0.25) is 0 Å². The molecule has 0 aliphatic carbocycles. The van der Waals surface area contributed by atoms with Gasteiger partial charge in [-0.05, 0) is 12.0 Å². The summed E-state index contributed by atoms with van der Waals surface area (Å²) in [5.41, 5.74) is 5.94. The topological polar surface area (TPSA) is 97.5 Å². The van der Waals surface area contributed by atoms with E-state index in [1.165, 1.54) is 0 Å². The summed E-state index contributed by atoms with van der Waals surface area (Å²) in [6.07, 6.45) is -0.0650. The third-order valence-corrected chi connectivity index (χ3v) is 3.92. The van der Waals surface area contributed by atoms with Crippen LogP contribution in [0.1, 0.15) is 12.0 Å². The van der Waals surface area contributed by atoms with Gasteiger partial charge < -0.3 is 10.8 Å². The largest absolute Gasteiger partial charge is 0.480 e. The van der Waals surface area contributed by atoms with Gasteiger partial charge >= 0.3 is 5.97 Å². The van der Waals surface area contributed by atoms with Crippen molar-refractivity contribution in [1.82, 2.24) is 0 Å². The van der Waals surface area contributed by atoms with Crippen molar-refractivity contribution < 1.29 is 18.3 Å². The molecule has 0 unspecified atom stereocenters. The van der Waals surface area contributed by atoms with Crippen LogP contribution in [0.25, 0.3) is 0 Å². The summed E-state index contributed by atoms with van der Waals surface area (Å²) in [6, 6.07) is 7.63. The number of carboxylic acid groups (broad SMARTS) is 1. The van der Waals surface area contributed by atoms with E-state index < -0.39 is 21.8 Å². The average Bonchev–Trinajstić information content (AvgIpc) is 2.26. The predicted molar refractivity (Wildman–Crippen MR) is 64.2 cm³/mol. The van der Waals surface area contributed by atoms with Crippen molar-refractivity contribution >= 4 is 15.8 Å². The van der Waals surface area contributed by atoms with Crippen LogP contribution >= 0.6 is 0 Å². The van der Waals surface area contributed by atoms with Gasteiger partial charge in [0, 0.05) is 0 Å². The van der Waals surface area contributed by atoms with E-state index in [-0.39, 0.29) is 17.9 Å². The summed E-state index contributed by atoms with van der Waals surface area (Å²) in [4.78, 5) is 10.5. The van der Waals surface area contributed by atoms with Crippen LogP contribution in [-0.4, -0.2) is 31.3 Å². The van der Waals surface area contributed by atoms with Crippen molar-refractivity contribution in [3.05, 3.63) is 35.9 Å². The fourth-order valence-electron chi connectivity index (χ4n) is 1.33. The lowest BCUT2D eigenvalue weighted by Crippen LogP contribution is -2.32. The minimum atomic E-state index is -3.31. The molecule has 0 aliphatic heterocycles. The molecular formula is C11H15NO4S. The Balaban J connectivity index is 2.56. The summed E-state index contributed by atoms with van der Waals surface area (Å²) < 4.78 is 23.4. The van der Waals surface area contributed by atoms with Crippen LogP contribution in [0.15, 0.2) is 30.3 Å². The monoisotopic (exact) mass is 257 g/mol. The molecule has 1 rings (SSSR count). The summed E-state index contributed by atoms with van der Waals surface area (Å²) in [6.45, 7) is 0. The minimum absolute atomic E-state index is 0.0650. The highest BCUT2D eigenvalue weighted by Gasteiger charge is 2.17. The Kier molecular flexibility index (Phi) is 4.65. The van der Waals surface area contributed by atoms with Gasteiger partial charge in [0.05, 0.1) is 11.5 Å². The molecule has 0 aromatic heterocycles. The normalized spacial score (nSPS) is 13.2. The van der Waals surface area contributed by atoms with Crippen LogP contribution in [0.4, 0.5) is 0 Å². The lowest BCUT2D eigenvalue weighted by atomic mass is 10.2. The van der Waals surface area contributed by atoms with E-state index in [4.69, 9.17) is 10.8 Å². The molecule has 0 heterocycles. The SMILES string of the molecule is N[C@@H](CCS(=O)(=O)Cc1ccccc1)C(=O)O. The van der Waals surface area contributed by atoms with Gasteiger partial charge in [0.15, 0.2) is 9.84 Å². The van der Waals surface area contributed by atoms with Crippen LogP contribution in [-0.2, 0) is 20.4 Å². The van der Waals surface area contributed by atoms with Crippen LogP contribution in [0.3, 0.4) is 0 Å². The number of benzene rings is 1. The molecule has 0 saturated heterocycles. The Morgan fingerprint density at radius 2 is 1.88 bits per heavy atom. The van der Waals surface area contributed by atoms with E-state index in [1.807, 2.05) is 0 Å². The zero-order valence-corrected chi connectivity index (χ0v) is 10.1. The van der Waals surface area contributed by atoms with E-state index in [9.17, 15) is 13.2 Å². The molecule has 0 fully saturated rings. The maximum Gasteiger partial charge on any atom is 0.320 e. The molecule has 0 spiro atoms. The number of hydrogen-bond donors (Lipinski definition) is 2. The Labute approximate surface area is 100 Å². The third kappa shape index (κ3) is 4.97. The molecule has 1 atom stereocenters. The molecular weight excluding hydrogens is 242 g/mol.